The molecule has 0 saturated carbocycles. The fraction of sp³-hybridized carbons (Fsp3) is 0.455. The van der Waals surface area contributed by atoms with Gasteiger partial charge in [0.25, 0.3) is 0 Å². The van der Waals surface area contributed by atoms with Gasteiger partial charge in [0.2, 0.25) is 5.91 Å². The van der Waals surface area contributed by atoms with Gasteiger partial charge in [-0.05, 0) is 48.2 Å². The molecular weight excluding hydrogens is 396 g/mol. The van der Waals surface area contributed by atoms with Gasteiger partial charge >= 0.3 is 0 Å². The highest BCUT2D eigenvalue weighted by molar-refractivity contribution is 5.76. The molecule has 4 rings (SSSR count). The molecule has 3 aromatic rings. The van der Waals surface area contributed by atoms with E-state index in [9.17, 15) is 4.79 Å². The van der Waals surface area contributed by atoms with Gasteiger partial charge in [0.05, 0.1) is 14.2 Å². The van der Waals surface area contributed by atoms with Gasteiger partial charge in [0, 0.05) is 40.0 Å². The van der Waals surface area contributed by atoms with E-state index in [-0.39, 0.29) is 5.91 Å². The molecule has 9 heteroatoms. The maximum atomic E-state index is 12.8. The molecule has 1 aliphatic rings. The number of hydrogen-bond acceptors (Lipinski definition) is 7. The highest BCUT2D eigenvalue weighted by Crippen LogP contribution is 2.33. The summed E-state index contributed by atoms with van der Waals surface area (Å²) in [5.41, 5.74) is 3.03. The van der Waals surface area contributed by atoms with E-state index in [1.807, 2.05) is 48.2 Å². The first-order valence-corrected chi connectivity index (χ1v) is 10.4. The Morgan fingerprint density at radius 3 is 2.55 bits per heavy atom. The third-order valence-corrected chi connectivity index (χ3v) is 5.63. The van der Waals surface area contributed by atoms with Crippen molar-refractivity contribution in [2.75, 3.05) is 39.8 Å². The number of fused-ring (bicyclic) bond motifs is 2. The Labute approximate surface area is 181 Å². The minimum absolute atomic E-state index is 0.149. The molecule has 0 bridgehead atoms. The minimum Gasteiger partial charge on any atom is -0.493 e. The molecule has 0 saturated heterocycles. The lowest BCUT2D eigenvalue weighted by Crippen LogP contribution is -2.35. The smallest absolute Gasteiger partial charge is 0.222 e. The molecule has 31 heavy (non-hydrogen) atoms. The third-order valence-electron chi connectivity index (χ3n) is 5.63. The number of methoxy groups -OCH3 is 2. The van der Waals surface area contributed by atoms with Gasteiger partial charge in [-0.15, -0.1) is 15.3 Å². The van der Waals surface area contributed by atoms with E-state index in [0.29, 0.717) is 43.7 Å². The van der Waals surface area contributed by atoms with E-state index in [0.717, 1.165) is 29.4 Å². The molecule has 164 valence electrons. The number of ether oxygens (including phenoxy) is 2. The summed E-state index contributed by atoms with van der Waals surface area (Å²) in [6.45, 7) is 1.30. The Morgan fingerprint density at radius 1 is 1.10 bits per heavy atom. The second-order valence-electron chi connectivity index (χ2n) is 7.87. The van der Waals surface area contributed by atoms with Crippen molar-refractivity contribution in [3.8, 4) is 11.5 Å². The molecule has 1 amide bonds. The molecule has 3 heterocycles. The largest absolute Gasteiger partial charge is 0.493 e. The van der Waals surface area contributed by atoms with E-state index in [4.69, 9.17) is 9.47 Å². The van der Waals surface area contributed by atoms with Crippen LogP contribution in [0.25, 0.3) is 5.65 Å². The number of amides is 1. The van der Waals surface area contributed by atoms with Crippen molar-refractivity contribution in [1.82, 2.24) is 24.7 Å². The first-order valence-electron chi connectivity index (χ1n) is 10.4. The van der Waals surface area contributed by atoms with E-state index in [1.54, 1.807) is 18.7 Å². The number of hydrogen-bond donors (Lipinski definition) is 0. The van der Waals surface area contributed by atoms with Crippen LogP contribution in [0.2, 0.25) is 0 Å². The maximum Gasteiger partial charge on any atom is 0.222 e. The van der Waals surface area contributed by atoms with Gasteiger partial charge < -0.3 is 19.3 Å². The highest BCUT2D eigenvalue weighted by Gasteiger charge is 2.22. The molecule has 0 fully saturated rings. The molecule has 1 aliphatic heterocycles. The van der Waals surface area contributed by atoms with Crippen molar-refractivity contribution in [2.45, 2.75) is 32.2 Å². The quantitative estimate of drug-likeness (QED) is 0.574. The van der Waals surface area contributed by atoms with Crippen LogP contribution in [0.3, 0.4) is 0 Å². The number of aromatic nitrogens is 4. The topological polar surface area (TPSA) is 85.1 Å². The summed E-state index contributed by atoms with van der Waals surface area (Å²) in [5, 5.41) is 13.0. The minimum atomic E-state index is 0.149. The maximum absolute atomic E-state index is 12.8. The number of carbonyl (C=O) groups excluding carboxylic acids is 1. The molecular formula is C22H28N6O3. The third kappa shape index (κ3) is 4.26. The van der Waals surface area contributed by atoms with Gasteiger partial charge in [-0.25, -0.2) is 0 Å². The van der Waals surface area contributed by atoms with Crippen LogP contribution in [0.4, 0.5) is 5.82 Å². The van der Waals surface area contributed by atoms with Crippen LogP contribution in [-0.4, -0.2) is 65.5 Å². The van der Waals surface area contributed by atoms with Crippen LogP contribution in [-0.2, 0) is 24.2 Å². The Bertz CT molecular complexity index is 1090. The molecule has 2 aromatic heterocycles. The van der Waals surface area contributed by atoms with Crippen LogP contribution < -0.4 is 14.4 Å². The van der Waals surface area contributed by atoms with E-state index in [1.165, 1.54) is 5.56 Å². The summed E-state index contributed by atoms with van der Waals surface area (Å²) < 4.78 is 12.6. The zero-order chi connectivity index (χ0) is 22.0. The highest BCUT2D eigenvalue weighted by atomic mass is 16.5. The van der Waals surface area contributed by atoms with Crippen molar-refractivity contribution in [3.05, 3.63) is 41.2 Å². The van der Waals surface area contributed by atoms with Crippen molar-refractivity contribution in [2.24, 2.45) is 0 Å². The summed E-state index contributed by atoms with van der Waals surface area (Å²) in [4.78, 5) is 16.7. The normalized spacial score (nSPS) is 13.2. The standard InChI is InChI=1S/C22H28N6O3/c1-26(2)21-9-8-20-24-23-19(28(20)25-21)6-5-7-22(29)27-11-10-15-12-17(30-3)18(31-4)13-16(15)14-27/h8-9,12-13H,5-7,10-11,14H2,1-4H3. The van der Waals surface area contributed by atoms with Crippen molar-refractivity contribution in [1.29, 1.82) is 0 Å². The SMILES string of the molecule is COc1cc2c(cc1OC)CN(C(=O)CCCc1nnc3ccc(N(C)C)nn13)CC2. The predicted molar refractivity (Wildman–Crippen MR) is 117 cm³/mol. The van der Waals surface area contributed by atoms with Crippen LogP contribution in [0.5, 0.6) is 11.5 Å². The zero-order valence-corrected chi connectivity index (χ0v) is 18.5. The first-order chi connectivity index (χ1) is 15.0. The molecule has 0 spiro atoms. The molecule has 0 unspecified atom stereocenters. The summed E-state index contributed by atoms with van der Waals surface area (Å²) in [5.74, 6) is 3.18. The number of anilines is 1. The van der Waals surface area contributed by atoms with Gasteiger partial charge in [0.15, 0.2) is 23.0 Å². The summed E-state index contributed by atoms with van der Waals surface area (Å²) >= 11 is 0. The first kappa shape index (κ1) is 20.9. The number of benzene rings is 1. The lowest BCUT2D eigenvalue weighted by Gasteiger charge is -2.29. The number of nitrogens with zero attached hydrogens (tertiary/aromatic N) is 6. The average molecular weight is 425 g/mol. The second kappa shape index (κ2) is 8.79. The second-order valence-corrected chi connectivity index (χ2v) is 7.87. The lowest BCUT2D eigenvalue weighted by atomic mass is 9.98. The van der Waals surface area contributed by atoms with Crippen molar-refractivity contribution in [3.63, 3.8) is 0 Å². The molecule has 0 aliphatic carbocycles. The van der Waals surface area contributed by atoms with E-state index in [2.05, 4.69) is 15.3 Å². The Hall–Kier alpha value is -3.36. The fourth-order valence-electron chi connectivity index (χ4n) is 3.87. The van der Waals surface area contributed by atoms with Crippen molar-refractivity contribution >= 4 is 17.4 Å². The Kier molecular flexibility index (Phi) is 5.92. The molecule has 0 radical (unpaired) electrons. The molecule has 1 aromatic carbocycles. The zero-order valence-electron chi connectivity index (χ0n) is 18.5. The molecule has 0 N–H and O–H groups in total. The van der Waals surface area contributed by atoms with E-state index >= 15 is 0 Å². The van der Waals surface area contributed by atoms with Crippen LogP contribution in [0.1, 0.15) is 29.8 Å². The Balaban J connectivity index is 1.38. The van der Waals surface area contributed by atoms with Crippen LogP contribution >= 0.6 is 0 Å². The number of carbonyl (C=O) groups is 1. The monoisotopic (exact) mass is 424 g/mol. The lowest BCUT2D eigenvalue weighted by molar-refractivity contribution is -0.132. The van der Waals surface area contributed by atoms with Gasteiger partial charge in [-0.3, -0.25) is 4.79 Å². The van der Waals surface area contributed by atoms with Crippen LogP contribution in [0.15, 0.2) is 24.3 Å². The Morgan fingerprint density at radius 2 is 1.84 bits per heavy atom. The summed E-state index contributed by atoms with van der Waals surface area (Å²) in [7, 11) is 7.15. The van der Waals surface area contributed by atoms with Gasteiger partial charge in [-0.2, -0.15) is 4.52 Å². The number of rotatable bonds is 7. The summed E-state index contributed by atoms with van der Waals surface area (Å²) in [6.07, 6.45) is 2.62. The molecule has 0 atom stereocenters. The average Bonchev–Trinajstić information content (AvgIpc) is 3.19. The van der Waals surface area contributed by atoms with Gasteiger partial charge in [0.1, 0.15) is 5.82 Å². The molecule has 9 nitrogen and oxygen atoms in total. The van der Waals surface area contributed by atoms with E-state index < -0.39 is 0 Å². The summed E-state index contributed by atoms with van der Waals surface area (Å²) in [6, 6.07) is 7.81. The number of aryl methyl sites for hydroxylation is 1. The fourth-order valence-corrected chi connectivity index (χ4v) is 3.87. The van der Waals surface area contributed by atoms with Crippen LogP contribution in [0, 0.1) is 0 Å². The predicted octanol–water partition coefficient (Wildman–Crippen LogP) is 2.12. The van der Waals surface area contributed by atoms with Gasteiger partial charge in [-0.1, -0.05) is 0 Å². The van der Waals surface area contributed by atoms with Crippen molar-refractivity contribution < 1.29 is 14.3 Å².